The summed E-state index contributed by atoms with van der Waals surface area (Å²) in [6.07, 6.45) is 3.50. The van der Waals surface area contributed by atoms with E-state index in [1.54, 1.807) is 17.4 Å². The van der Waals surface area contributed by atoms with Gasteiger partial charge in [0, 0.05) is 24.1 Å². The predicted octanol–water partition coefficient (Wildman–Crippen LogP) is 2.65. The lowest BCUT2D eigenvalue weighted by molar-refractivity contribution is -0.422. The van der Waals surface area contributed by atoms with Gasteiger partial charge in [0.05, 0.1) is 16.3 Å². The normalized spacial score (nSPS) is 12.3. The number of nitrogens with zero attached hydrogens (tertiary/aromatic N) is 3. The summed E-state index contributed by atoms with van der Waals surface area (Å²) >= 11 is 1.58. The zero-order valence-electron chi connectivity index (χ0n) is 9.22. The second kappa shape index (κ2) is 3.71. The van der Waals surface area contributed by atoms with Gasteiger partial charge in [-0.3, -0.25) is 14.5 Å². The molecule has 2 rings (SSSR count). The maximum atomic E-state index is 10.6. The van der Waals surface area contributed by atoms with Gasteiger partial charge in [-0.1, -0.05) is 0 Å². The molecule has 2 aromatic heterocycles. The molecule has 0 saturated carbocycles. The molecule has 84 valence electrons. The number of aromatic nitrogens is 2. The van der Waals surface area contributed by atoms with Gasteiger partial charge in [-0.15, -0.1) is 11.3 Å². The predicted molar refractivity (Wildman–Crippen MR) is 63.2 cm³/mol. The summed E-state index contributed by atoms with van der Waals surface area (Å²) in [5.74, 6) is 0. The molecule has 0 spiro atoms. The number of fused-ring (bicyclic) bond motifs is 1. The largest absolute Gasteiger partial charge is 0.290 e. The molecule has 0 saturated heterocycles. The Morgan fingerprint density at radius 3 is 2.94 bits per heavy atom. The third kappa shape index (κ3) is 1.71. The fourth-order valence-corrected chi connectivity index (χ4v) is 2.38. The van der Waals surface area contributed by atoms with Crippen molar-refractivity contribution in [2.45, 2.75) is 20.8 Å². The number of hydrogen-bond donors (Lipinski definition) is 0. The Balaban J connectivity index is 2.62. The molecule has 0 aliphatic carbocycles. The third-order valence-corrected chi connectivity index (χ3v) is 3.19. The van der Waals surface area contributed by atoms with Crippen LogP contribution in [0.1, 0.15) is 23.2 Å². The highest BCUT2D eigenvalue weighted by molar-refractivity contribution is 7.17. The first-order valence-electron chi connectivity index (χ1n) is 4.77. The van der Waals surface area contributed by atoms with Crippen LogP contribution in [0, 0.1) is 24.0 Å². The summed E-state index contributed by atoms with van der Waals surface area (Å²) in [4.78, 5) is 16.6. The van der Waals surface area contributed by atoms with E-state index in [4.69, 9.17) is 0 Å². The van der Waals surface area contributed by atoms with E-state index in [1.165, 1.54) is 6.92 Å². The van der Waals surface area contributed by atoms with Gasteiger partial charge in [-0.2, -0.15) is 0 Å². The van der Waals surface area contributed by atoms with Gasteiger partial charge in [0.25, 0.3) is 0 Å². The van der Waals surface area contributed by atoms with E-state index in [1.807, 2.05) is 24.4 Å². The van der Waals surface area contributed by atoms with Crippen LogP contribution in [0.15, 0.2) is 11.9 Å². The molecule has 0 aliphatic heterocycles. The van der Waals surface area contributed by atoms with Crippen LogP contribution < -0.4 is 0 Å². The van der Waals surface area contributed by atoms with E-state index in [-0.39, 0.29) is 5.70 Å². The van der Waals surface area contributed by atoms with Crippen LogP contribution in [-0.2, 0) is 0 Å². The first-order chi connectivity index (χ1) is 7.49. The first kappa shape index (κ1) is 10.8. The summed E-state index contributed by atoms with van der Waals surface area (Å²) in [7, 11) is 0. The third-order valence-electron chi connectivity index (χ3n) is 2.30. The van der Waals surface area contributed by atoms with Crippen molar-refractivity contribution in [3.8, 4) is 0 Å². The summed E-state index contributed by atoms with van der Waals surface area (Å²) < 4.78 is 1.89. The van der Waals surface area contributed by atoms with E-state index >= 15 is 0 Å². The van der Waals surface area contributed by atoms with Crippen LogP contribution in [0.5, 0.6) is 0 Å². The van der Waals surface area contributed by atoms with E-state index in [0.717, 1.165) is 21.2 Å². The summed E-state index contributed by atoms with van der Waals surface area (Å²) in [6.45, 7) is 5.33. The molecular weight excluding hydrogens is 226 g/mol. The molecule has 6 heteroatoms. The second-order valence-electron chi connectivity index (χ2n) is 3.62. The lowest BCUT2D eigenvalue weighted by atomic mass is 10.3. The van der Waals surface area contributed by atoms with Gasteiger partial charge in [-0.05, 0) is 13.8 Å². The maximum Gasteiger partial charge on any atom is 0.245 e. The number of thiazole rings is 1. The van der Waals surface area contributed by atoms with Gasteiger partial charge in [0.15, 0.2) is 4.96 Å². The topological polar surface area (TPSA) is 60.4 Å². The SMILES string of the molecule is CC(=Cc1c(C)nc2sc(C)cn12)[N+](=O)[O-]. The first-order valence-corrected chi connectivity index (χ1v) is 5.58. The maximum absolute atomic E-state index is 10.6. The Bertz CT molecular complexity index is 594. The minimum Gasteiger partial charge on any atom is -0.290 e. The van der Waals surface area contributed by atoms with E-state index in [2.05, 4.69) is 4.98 Å². The molecule has 0 aliphatic rings. The average molecular weight is 237 g/mol. The quantitative estimate of drug-likeness (QED) is 0.596. The number of hydrogen-bond acceptors (Lipinski definition) is 4. The molecule has 2 heterocycles. The monoisotopic (exact) mass is 237 g/mol. The molecule has 2 aromatic rings. The van der Waals surface area contributed by atoms with E-state index in [0.29, 0.717) is 0 Å². The van der Waals surface area contributed by atoms with Crippen LogP contribution in [0.4, 0.5) is 0 Å². The Kier molecular flexibility index (Phi) is 2.51. The lowest BCUT2D eigenvalue weighted by Crippen LogP contribution is -1.95. The minimum absolute atomic E-state index is 0.119. The number of rotatable bonds is 2. The highest BCUT2D eigenvalue weighted by atomic mass is 32.1. The second-order valence-corrected chi connectivity index (χ2v) is 4.83. The van der Waals surface area contributed by atoms with Crippen molar-refractivity contribution >= 4 is 22.4 Å². The number of imidazole rings is 1. The van der Waals surface area contributed by atoms with Gasteiger partial charge in [0.1, 0.15) is 0 Å². The van der Waals surface area contributed by atoms with Gasteiger partial charge < -0.3 is 0 Å². The van der Waals surface area contributed by atoms with Crippen molar-refractivity contribution in [3.63, 3.8) is 0 Å². The van der Waals surface area contributed by atoms with E-state index in [9.17, 15) is 10.1 Å². The van der Waals surface area contributed by atoms with Crippen LogP contribution in [0.3, 0.4) is 0 Å². The molecule has 16 heavy (non-hydrogen) atoms. The van der Waals surface area contributed by atoms with Crippen molar-refractivity contribution in [1.82, 2.24) is 9.38 Å². The van der Waals surface area contributed by atoms with Gasteiger partial charge in [0.2, 0.25) is 5.70 Å². The molecule has 0 radical (unpaired) electrons. The standard InChI is InChI=1S/C10H11N3O2S/c1-6(13(14)15)4-9-8(3)11-10-12(9)5-7(2)16-10/h4-5H,1-3H3. The Morgan fingerprint density at radius 1 is 1.62 bits per heavy atom. The highest BCUT2D eigenvalue weighted by Crippen LogP contribution is 2.22. The minimum atomic E-state index is -0.391. The molecule has 0 N–H and O–H groups in total. The molecular formula is C10H11N3O2S. The fraction of sp³-hybridized carbons (Fsp3) is 0.300. The Labute approximate surface area is 96.2 Å². The average Bonchev–Trinajstić information content (AvgIpc) is 2.65. The van der Waals surface area contributed by atoms with Gasteiger partial charge in [-0.25, -0.2) is 4.98 Å². The summed E-state index contributed by atoms with van der Waals surface area (Å²) in [6, 6.07) is 0. The lowest BCUT2D eigenvalue weighted by Gasteiger charge is -1.93. The zero-order chi connectivity index (χ0) is 11.9. The van der Waals surface area contributed by atoms with Crippen LogP contribution in [-0.4, -0.2) is 14.3 Å². The van der Waals surface area contributed by atoms with Crippen LogP contribution >= 0.6 is 11.3 Å². The number of aryl methyl sites for hydroxylation is 2. The molecule has 0 unspecified atom stereocenters. The smallest absolute Gasteiger partial charge is 0.245 e. The van der Waals surface area contributed by atoms with Crippen LogP contribution in [0.25, 0.3) is 11.0 Å². The number of nitro groups is 1. The van der Waals surface area contributed by atoms with Crippen molar-refractivity contribution in [2.75, 3.05) is 0 Å². The molecule has 0 fully saturated rings. The molecule has 0 amide bonds. The highest BCUT2D eigenvalue weighted by Gasteiger charge is 2.12. The van der Waals surface area contributed by atoms with Crippen molar-refractivity contribution < 1.29 is 4.92 Å². The Morgan fingerprint density at radius 2 is 2.31 bits per heavy atom. The van der Waals surface area contributed by atoms with Crippen molar-refractivity contribution in [1.29, 1.82) is 0 Å². The molecule has 0 atom stereocenters. The molecule has 0 aromatic carbocycles. The van der Waals surface area contributed by atoms with Gasteiger partial charge >= 0.3 is 0 Å². The molecule has 5 nitrogen and oxygen atoms in total. The zero-order valence-corrected chi connectivity index (χ0v) is 10.0. The number of allylic oxidation sites excluding steroid dienone is 1. The summed E-state index contributed by atoms with van der Waals surface area (Å²) in [5, 5.41) is 10.6. The Hall–Kier alpha value is -1.69. The van der Waals surface area contributed by atoms with Crippen molar-refractivity contribution in [2.24, 2.45) is 0 Å². The van der Waals surface area contributed by atoms with Crippen molar-refractivity contribution in [3.05, 3.63) is 38.3 Å². The fourth-order valence-electron chi connectivity index (χ4n) is 1.51. The van der Waals surface area contributed by atoms with E-state index < -0.39 is 4.92 Å². The summed E-state index contributed by atoms with van der Waals surface area (Å²) in [5.41, 5.74) is 1.72. The van der Waals surface area contributed by atoms with Crippen LogP contribution in [0.2, 0.25) is 0 Å². The molecule has 0 bridgehead atoms.